The van der Waals surface area contributed by atoms with Crippen molar-refractivity contribution < 1.29 is 0 Å². The zero-order chi connectivity index (χ0) is 12.4. The molecule has 2 aromatic rings. The number of aryl methyl sites for hydroxylation is 3. The first-order valence-electron chi connectivity index (χ1n) is 5.62. The van der Waals surface area contributed by atoms with Crippen molar-refractivity contribution in [3.8, 4) is 0 Å². The second kappa shape index (κ2) is 4.45. The molecule has 0 aliphatic carbocycles. The standard InChI is InChI=1S/C14H17N3/c1-9-6-10(2)14(11(3)7-9)17-13-5-4-12(15)8-16-13/h4-8H,15H2,1-3H3,(H,16,17). The van der Waals surface area contributed by atoms with Gasteiger partial charge in [-0.1, -0.05) is 17.7 Å². The molecule has 0 radical (unpaired) electrons. The van der Waals surface area contributed by atoms with Gasteiger partial charge in [-0.2, -0.15) is 0 Å². The highest BCUT2D eigenvalue weighted by molar-refractivity contribution is 5.65. The lowest BCUT2D eigenvalue weighted by atomic mass is 10.1. The Bertz CT molecular complexity index is 507. The lowest BCUT2D eigenvalue weighted by molar-refractivity contribution is 1.26. The van der Waals surface area contributed by atoms with Gasteiger partial charge < -0.3 is 11.1 Å². The van der Waals surface area contributed by atoms with Gasteiger partial charge in [0.1, 0.15) is 5.82 Å². The Morgan fingerprint density at radius 1 is 1.06 bits per heavy atom. The molecule has 2 rings (SSSR count). The van der Waals surface area contributed by atoms with Gasteiger partial charge >= 0.3 is 0 Å². The Hall–Kier alpha value is -2.03. The molecule has 3 heteroatoms. The summed E-state index contributed by atoms with van der Waals surface area (Å²) >= 11 is 0. The number of nitrogens with one attached hydrogen (secondary N) is 1. The van der Waals surface area contributed by atoms with E-state index in [2.05, 4.69) is 43.2 Å². The number of benzene rings is 1. The molecule has 0 amide bonds. The van der Waals surface area contributed by atoms with E-state index in [1.54, 1.807) is 6.20 Å². The molecule has 0 aliphatic rings. The summed E-state index contributed by atoms with van der Waals surface area (Å²) < 4.78 is 0. The number of aromatic nitrogens is 1. The molecule has 0 unspecified atom stereocenters. The van der Waals surface area contributed by atoms with E-state index in [1.165, 1.54) is 16.7 Å². The minimum atomic E-state index is 0.674. The quantitative estimate of drug-likeness (QED) is 0.827. The van der Waals surface area contributed by atoms with Crippen LogP contribution in [-0.4, -0.2) is 4.98 Å². The van der Waals surface area contributed by atoms with Crippen LogP contribution >= 0.6 is 0 Å². The maximum absolute atomic E-state index is 5.61. The van der Waals surface area contributed by atoms with E-state index >= 15 is 0 Å². The van der Waals surface area contributed by atoms with Crippen molar-refractivity contribution in [2.24, 2.45) is 0 Å². The topological polar surface area (TPSA) is 50.9 Å². The third kappa shape index (κ3) is 2.56. The van der Waals surface area contributed by atoms with Gasteiger partial charge in [-0.05, 0) is 44.0 Å². The number of hydrogen-bond donors (Lipinski definition) is 2. The first-order chi connectivity index (χ1) is 8.06. The van der Waals surface area contributed by atoms with Crippen LogP contribution in [0.15, 0.2) is 30.5 Å². The van der Waals surface area contributed by atoms with Gasteiger partial charge in [0.2, 0.25) is 0 Å². The van der Waals surface area contributed by atoms with E-state index < -0.39 is 0 Å². The van der Waals surface area contributed by atoms with E-state index in [4.69, 9.17) is 5.73 Å². The molecule has 0 saturated carbocycles. The predicted molar refractivity (Wildman–Crippen MR) is 72.6 cm³/mol. The Kier molecular flexibility index (Phi) is 3.00. The number of nitrogens with two attached hydrogens (primary N) is 1. The van der Waals surface area contributed by atoms with Gasteiger partial charge in [-0.3, -0.25) is 0 Å². The highest BCUT2D eigenvalue weighted by Gasteiger charge is 2.04. The summed E-state index contributed by atoms with van der Waals surface area (Å²) in [7, 11) is 0. The fourth-order valence-electron chi connectivity index (χ4n) is 1.98. The first kappa shape index (κ1) is 11.5. The van der Waals surface area contributed by atoms with E-state index in [1.807, 2.05) is 12.1 Å². The van der Waals surface area contributed by atoms with Gasteiger partial charge in [-0.25, -0.2) is 4.98 Å². The van der Waals surface area contributed by atoms with Crippen LogP contribution in [0.25, 0.3) is 0 Å². The van der Waals surface area contributed by atoms with E-state index in [0.717, 1.165) is 11.5 Å². The van der Waals surface area contributed by atoms with Crippen LogP contribution in [0, 0.1) is 20.8 Å². The number of hydrogen-bond acceptors (Lipinski definition) is 3. The van der Waals surface area contributed by atoms with Crippen LogP contribution in [0.2, 0.25) is 0 Å². The monoisotopic (exact) mass is 227 g/mol. The number of rotatable bonds is 2. The summed E-state index contributed by atoms with van der Waals surface area (Å²) in [6.45, 7) is 6.30. The molecule has 0 fully saturated rings. The largest absolute Gasteiger partial charge is 0.397 e. The van der Waals surface area contributed by atoms with Crippen LogP contribution in [0.3, 0.4) is 0 Å². The summed E-state index contributed by atoms with van der Waals surface area (Å²) in [6.07, 6.45) is 1.65. The average molecular weight is 227 g/mol. The maximum Gasteiger partial charge on any atom is 0.130 e. The smallest absolute Gasteiger partial charge is 0.130 e. The van der Waals surface area contributed by atoms with Crippen LogP contribution in [0.4, 0.5) is 17.2 Å². The molecule has 0 atom stereocenters. The van der Waals surface area contributed by atoms with Crippen molar-refractivity contribution >= 4 is 17.2 Å². The second-order valence-electron chi connectivity index (χ2n) is 4.38. The molecule has 0 aliphatic heterocycles. The maximum atomic E-state index is 5.61. The van der Waals surface area contributed by atoms with Crippen LogP contribution in [-0.2, 0) is 0 Å². The first-order valence-corrected chi connectivity index (χ1v) is 5.62. The van der Waals surface area contributed by atoms with Crippen LogP contribution in [0.1, 0.15) is 16.7 Å². The highest BCUT2D eigenvalue weighted by Crippen LogP contribution is 2.25. The number of nitrogens with zero attached hydrogens (tertiary/aromatic N) is 1. The molecule has 88 valence electrons. The van der Waals surface area contributed by atoms with Gasteiger partial charge in [0.05, 0.1) is 11.9 Å². The molecule has 0 bridgehead atoms. The molecule has 1 aromatic carbocycles. The third-order valence-electron chi connectivity index (χ3n) is 2.72. The third-order valence-corrected chi connectivity index (χ3v) is 2.72. The summed E-state index contributed by atoms with van der Waals surface area (Å²) in [5.41, 5.74) is 11.1. The van der Waals surface area contributed by atoms with Crippen LogP contribution in [0.5, 0.6) is 0 Å². The van der Waals surface area contributed by atoms with Crippen molar-refractivity contribution in [2.45, 2.75) is 20.8 Å². The lowest BCUT2D eigenvalue weighted by Crippen LogP contribution is -1.99. The molecule has 17 heavy (non-hydrogen) atoms. The highest BCUT2D eigenvalue weighted by atomic mass is 15.0. The van der Waals surface area contributed by atoms with Gasteiger partial charge in [-0.15, -0.1) is 0 Å². The Labute approximate surface area is 102 Å². The van der Waals surface area contributed by atoms with Crippen molar-refractivity contribution in [3.05, 3.63) is 47.2 Å². The average Bonchev–Trinajstić information content (AvgIpc) is 2.26. The second-order valence-corrected chi connectivity index (χ2v) is 4.38. The molecule has 3 nitrogen and oxygen atoms in total. The van der Waals surface area contributed by atoms with Crippen molar-refractivity contribution in [1.82, 2.24) is 4.98 Å². The summed E-state index contributed by atoms with van der Waals surface area (Å²) in [5, 5.41) is 3.33. The lowest BCUT2D eigenvalue weighted by Gasteiger charge is -2.13. The molecule has 0 saturated heterocycles. The minimum absolute atomic E-state index is 0.674. The zero-order valence-electron chi connectivity index (χ0n) is 10.4. The number of nitrogen functional groups attached to an aromatic ring is 1. The Balaban J connectivity index is 2.33. The van der Waals surface area contributed by atoms with Crippen molar-refractivity contribution in [1.29, 1.82) is 0 Å². The molecule has 3 N–H and O–H groups in total. The van der Waals surface area contributed by atoms with Crippen molar-refractivity contribution in [3.63, 3.8) is 0 Å². The number of pyridine rings is 1. The zero-order valence-corrected chi connectivity index (χ0v) is 10.4. The molecule has 1 aromatic heterocycles. The minimum Gasteiger partial charge on any atom is -0.397 e. The fraction of sp³-hybridized carbons (Fsp3) is 0.214. The van der Waals surface area contributed by atoms with E-state index in [-0.39, 0.29) is 0 Å². The summed E-state index contributed by atoms with van der Waals surface area (Å²) in [5.74, 6) is 0.814. The Morgan fingerprint density at radius 3 is 2.24 bits per heavy atom. The van der Waals surface area contributed by atoms with E-state index in [0.29, 0.717) is 5.69 Å². The molecular weight excluding hydrogens is 210 g/mol. The molecular formula is C14H17N3. The number of anilines is 3. The van der Waals surface area contributed by atoms with Gasteiger partial charge in [0.25, 0.3) is 0 Å². The van der Waals surface area contributed by atoms with E-state index in [9.17, 15) is 0 Å². The Morgan fingerprint density at radius 2 is 1.71 bits per heavy atom. The molecule has 0 spiro atoms. The normalized spacial score (nSPS) is 10.3. The fourth-order valence-corrected chi connectivity index (χ4v) is 1.98. The van der Waals surface area contributed by atoms with Gasteiger partial charge in [0, 0.05) is 5.69 Å². The molecule has 1 heterocycles. The van der Waals surface area contributed by atoms with Gasteiger partial charge in [0.15, 0.2) is 0 Å². The summed E-state index contributed by atoms with van der Waals surface area (Å²) in [4.78, 5) is 4.24. The summed E-state index contributed by atoms with van der Waals surface area (Å²) in [6, 6.07) is 8.04. The predicted octanol–water partition coefficient (Wildman–Crippen LogP) is 3.33. The van der Waals surface area contributed by atoms with Crippen LogP contribution < -0.4 is 11.1 Å². The van der Waals surface area contributed by atoms with Crippen molar-refractivity contribution in [2.75, 3.05) is 11.1 Å². The SMILES string of the molecule is Cc1cc(C)c(Nc2ccc(N)cn2)c(C)c1.